The van der Waals surface area contributed by atoms with Crippen LogP contribution in [0.4, 0.5) is 4.79 Å². The number of allylic oxidation sites excluding steroid dienone is 4. The molecule has 2 aliphatic carbocycles. The predicted octanol–water partition coefficient (Wildman–Crippen LogP) is 2.04. The second-order valence-electron chi connectivity index (χ2n) is 6.92. The number of methoxy groups -OCH3 is 2. The highest BCUT2D eigenvalue weighted by Gasteiger charge is 2.24. The van der Waals surface area contributed by atoms with E-state index in [2.05, 4.69) is 23.5 Å². The van der Waals surface area contributed by atoms with Gasteiger partial charge in [-0.3, -0.25) is 0 Å². The molecule has 7 nitrogen and oxygen atoms in total. The number of carbonyl (C=O) groups excluding carboxylic acids is 1. The Morgan fingerprint density at radius 2 is 2.03 bits per heavy atom. The molecule has 0 saturated heterocycles. The topological polar surface area (TPSA) is 75.3 Å². The minimum atomic E-state index is -0.416. The molecule has 1 amide bonds. The fourth-order valence-electron chi connectivity index (χ4n) is 3.88. The Morgan fingerprint density at radius 3 is 2.80 bits per heavy atom. The fraction of sp³-hybridized carbons (Fsp3) is 0.348. The maximum Gasteiger partial charge on any atom is 0.407 e. The van der Waals surface area contributed by atoms with Crippen molar-refractivity contribution in [3.63, 3.8) is 0 Å². The van der Waals surface area contributed by atoms with Gasteiger partial charge in [0.05, 0.1) is 20.8 Å². The molecule has 4 rings (SSSR count). The zero-order valence-electron chi connectivity index (χ0n) is 17.4. The van der Waals surface area contributed by atoms with Gasteiger partial charge in [0.1, 0.15) is 0 Å². The highest BCUT2D eigenvalue weighted by atomic mass is 16.7. The minimum absolute atomic E-state index is 0.180. The highest BCUT2D eigenvalue weighted by molar-refractivity contribution is 5.71. The number of benzene rings is 1. The van der Waals surface area contributed by atoms with Crippen LogP contribution < -0.4 is 25.2 Å². The number of nitrogens with one attached hydrogen (secondary N) is 1. The van der Waals surface area contributed by atoms with Crippen LogP contribution in [0.25, 0.3) is 12.2 Å². The van der Waals surface area contributed by atoms with Crippen molar-refractivity contribution in [1.29, 1.82) is 0 Å². The van der Waals surface area contributed by atoms with Crippen LogP contribution in [0.1, 0.15) is 18.9 Å². The van der Waals surface area contributed by atoms with Crippen LogP contribution in [0.3, 0.4) is 0 Å². The van der Waals surface area contributed by atoms with Gasteiger partial charge in [-0.1, -0.05) is 12.2 Å². The molecule has 0 atom stereocenters. The van der Waals surface area contributed by atoms with Crippen molar-refractivity contribution in [3.8, 4) is 11.5 Å². The number of alkyl carbamates (subject to hydrolysis) is 1. The first-order valence-corrected chi connectivity index (χ1v) is 9.94. The first-order chi connectivity index (χ1) is 14.7. The van der Waals surface area contributed by atoms with E-state index in [1.807, 2.05) is 12.1 Å². The quantitative estimate of drug-likeness (QED) is 0.772. The molecule has 158 valence electrons. The third-order valence-electron chi connectivity index (χ3n) is 5.25. The van der Waals surface area contributed by atoms with E-state index >= 15 is 0 Å². The largest absolute Gasteiger partial charge is 0.493 e. The maximum atomic E-state index is 11.6. The van der Waals surface area contributed by atoms with Gasteiger partial charge in [0.25, 0.3) is 0 Å². The van der Waals surface area contributed by atoms with Crippen molar-refractivity contribution < 1.29 is 28.5 Å². The second-order valence-corrected chi connectivity index (χ2v) is 6.92. The number of rotatable bonds is 6. The Labute approximate surface area is 174 Å². The molecule has 0 fully saturated rings. The molecule has 1 heterocycles. The number of hydrogen-bond donors (Lipinski definition) is 1. The lowest BCUT2D eigenvalue weighted by atomic mass is 9.95. The molecular weight excluding hydrogens is 386 g/mol. The molecule has 1 aliphatic heterocycles. The minimum Gasteiger partial charge on any atom is -0.493 e. The molecule has 7 heteroatoms. The van der Waals surface area contributed by atoms with Crippen LogP contribution >= 0.6 is 0 Å². The van der Waals surface area contributed by atoms with E-state index in [1.54, 1.807) is 21.1 Å². The van der Waals surface area contributed by atoms with E-state index < -0.39 is 6.09 Å². The summed E-state index contributed by atoms with van der Waals surface area (Å²) in [5.74, 6) is 2.83. The van der Waals surface area contributed by atoms with Gasteiger partial charge in [0.2, 0.25) is 6.79 Å². The predicted molar refractivity (Wildman–Crippen MR) is 111 cm³/mol. The summed E-state index contributed by atoms with van der Waals surface area (Å²) in [6.07, 6.45) is 9.24. The Morgan fingerprint density at radius 1 is 1.17 bits per heavy atom. The van der Waals surface area contributed by atoms with E-state index in [1.165, 1.54) is 0 Å². The zero-order chi connectivity index (χ0) is 21.1. The smallest absolute Gasteiger partial charge is 0.407 e. The monoisotopic (exact) mass is 411 g/mol. The number of hydrogen-bond acceptors (Lipinski definition) is 6. The lowest BCUT2D eigenvalue weighted by molar-refractivity contribution is 0.152. The number of carbonyl (C=O) groups is 1. The number of fused-ring (bicyclic) bond motifs is 4. The van der Waals surface area contributed by atoms with Crippen molar-refractivity contribution >= 4 is 18.2 Å². The molecule has 30 heavy (non-hydrogen) atoms. The normalized spacial score (nSPS) is 16.1. The van der Waals surface area contributed by atoms with Crippen LogP contribution in [0, 0.1) is 0 Å². The zero-order valence-corrected chi connectivity index (χ0v) is 17.4. The lowest BCUT2D eigenvalue weighted by Gasteiger charge is -2.20. The highest BCUT2D eigenvalue weighted by Crippen LogP contribution is 2.34. The van der Waals surface area contributed by atoms with Crippen LogP contribution in [0.5, 0.6) is 11.5 Å². The molecule has 0 saturated carbocycles. The van der Waals surface area contributed by atoms with E-state index in [0.717, 1.165) is 39.3 Å². The van der Waals surface area contributed by atoms with E-state index in [4.69, 9.17) is 23.7 Å². The molecular formula is C23H25NO6. The summed E-state index contributed by atoms with van der Waals surface area (Å²) >= 11 is 0. The van der Waals surface area contributed by atoms with Gasteiger partial charge < -0.3 is 29.0 Å². The van der Waals surface area contributed by atoms with Crippen LogP contribution in [-0.4, -0.2) is 40.3 Å². The summed E-state index contributed by atoms with van der Waals surface area (Å²) in [5, 5.41) is 4.75. The van der Waals surface area contributed by atoms with Crippen LogP contribution in [-0.2, 0) is 20.6 Å². The van der Waals surface area contributed by atoms with Gasteiger partial charge in [0.15, 0.2) is 23.0 Å². The van der Waals surface area contributed by atoms with E-state index in [-0.39, 0.29) is 6.79 Å². The van der Waals surface area contributed by atoms with Crippen molar-refractivity contribution in [2.45, 2.75) is 19.8 Å². The van der Waals surface area contributed by atoms with Gasteiger partial charge in [-0.2, -0.15) is 0 Å². The first kappa shape index (κ1) is 19.9. The van der Waals surface area contributed by atoms with Crippen molar-refractivity contribution in [3.05, 3.63) is 56.9 Å². The van der Waals surface area contributed by atoms with Gasteiger partial charge in [-0.15, -0.1) is 0 Å². The van der Waals surface area contributed by atoms with Gasteiger partial charge in [-0.05, 0) is 54.3 Å². The first-order valence-electron chi connectivity index (χ1n) is 9.94. The Hall–Kier alpha value is -3.35. The molecule has 0 spiro atoms. The average Bonchev–Trinajstić information content (AvgIpc) is 3.13. The lowest BCUT2D eigenvalue weighted by Crippen LogP contribution is -2.32. The van der Waals surface area contributed by atoms with Crippen molar-refractivity contribution in [2.75, 3.05) is 34.2 Å². The molecule has 1 aromatic carbocycles. The van der Waals surface area contributed by atoms with Gasteiger partial charge >= 0.3 is 6.09 Å². The fourth-order valence-corrected chi connectivity index (χ4v) is 3.88. The SMILES string of the molecule is CCOC(=O)NCCc1cc2c(c3c1=CC=C1CC=C(OC)C(OC)=C1C=3)OCO2. The third-order valence-corrected chi connectivity index (χ3v) is 5.25. The molecule has 0 bridgehead atoms. The second kappa shape index (κ2) is 8.57. The molecule has 0 aromatic heterocycles. The van der Waals surface area contributed by atoms with E-state index in [0.29, 0.717) is 36.8 Å². The molecule has 3 aliphatic rings. The van der Waals surface area contributed by atoms with Crippen molar-refractivity contribution in [1.82, 2.24) is 5.32 Å². The van der Waals surface area contributed by atoms with Gasteiger partial charge in [0, 0.05) is 17.3 Å². The summed E-state index contributed by atoms with van der Waals surface area (Å²) in [6, 6.07) is 1.98. The maximum absolute atomic E-state index is 11.6. The van der Waals surface area contributed by atoms with Crippen LogP contribution in [0.2, 0.25) is 0 Å². The van der Waals surface area contributed by atoms with Crippen molar-refractivity contribution in [2.24, 2.45) is 0 Å². The Bertz CT molecular complexity index is 1080. The summed E-state index contributed by atoms with van der Waals surface area (Å²) in [5.41, 5.74) is 3.15. The average molecular weight is 411 g/mol. The van der Waals surface area contributed by atoms with Crippen LogP contribution in [0.15, 0.2) is 40.9 Å². The third kappa shape index (κ3) is 3.63. The molecule has 1 aromatic rings. The number of ether oxygens (including phenoxy) is 5. The summed E-state index contributed by atoms with van der Waals surface area (Å²) < 4.78 is 27.6. The summed E-state index contributed by atoms with van der Waals surface area (Å²) in [6.45, 7) is 2.76. The van der Waals surface area contributed by atoms with E-state index in [9.17, 15) is 4.79 Å². The summed E-state index contributed by atoms with van der Waals surface area (Å²) in [7, 11) is 3.28. The summed E-state index contributed by atoms with van der Waals surface area (Å²) in [4.78, 5) is 11.6. The standard InChI is InChI=1S/C23H25NO6/c1-4-28-23(25)24-10-9-15-11-20-22(30-13-29-20)18-12-17-14(5-7-16(15)18)6-8-19(26-2)21(17)27-3/h5,7-8,11-12H,4,6,9-10,13H2,1-3H3,(H,24,25). The molecule has 0 radical (unpaired) electrons. The van der Waals surface area contributed by atoms with Gasteiger partial charge in [-0.25, -0.2) is 4.79 Å². The Kier molecular flexibility index (Phi) is 5.70. The Balaban J connectivity index is 1.80. The molecule has 0 unspecified atom stereocenters. The molecule has 1 N–H and O–H groups in total. The number of amides is 1.